The van der Waals surface area contributed by atoms with Gasteiger partial charge in [-0.3, -0.25) is 0 Å². The molecule has 5 nitrogen and oxygen atoms in total. The molecule has 2 aromatic heterocycles. The summed E-state index contributed by atoms with van der Waals surface area (Å²) in [6.07, 6.45) is -4.59. The van der Waals surface area contributed by atoms with Gasteiger partial charge in [-0.1, -0.05) is 43.1 Å². The third-order valence-corrected chi connectivity index (χ3v) is 5.57. The summed E-state index contributed by atoms with van der Waals surface area (Å²) in [5.74, 6) is 0.380. The van der Waals surface area contributed by atoms with Crippen molar-refractivity contribution in [3.63, 3.8) is 0 Å². The third-order valence-electron chi connectivity index (χ3n) is 5.01. The molecule has 30 heavy (non-hydrogen) atoms. The normalized spacial score (nSPS) is 16.1. The summed E-state index contributed by atoms with van der Waals surface area (Å²) in [4.78, 5) is 8.75. The van der Waals surface area contributed by atoms with Crippen LogP contribution >= 0.6 is 23.2 Å². The largest absolute Gasteiger partial charge is 0.433 e. The number of benzene rings is 1. The zero-order valence-corrected chi connectivity index (χ0v) is 17.9. The molecule has 1 atom stereocenters. The highest BCUT2D eigenvalue weighted by atomic mass is 35.5. The van der Waals surface area contributed by atoms with E-state index in [2.05, 4.69) is 20.4 Å². The molecular formula is C20H18Cl2F3N5. The fourth-order valence-electron chi connectivity index (χ4n) is 3.58. The Morgan fingerprint density at radius 2 is 1.90 bits per heavy atom. The minimum atomic E-state index is -4.59. The van der Waals surface area contributed by atoms with Crippen molar-refractivity contribution in [2.24, 2.45) is 0 Å². The predicted octanol–water partition coefficient (Wildman–Crippen LogP) is 5.98. The number of aryl methyl sites for hydroxylation is 1. The van der Waals surface area contributed by atoms with Crippen LogP contribution in [-0.2, 0) is 6.18 Å². The first-order chi connectivity index (χ1) is 14.1. The first-order valence-electron chi connectivity index (χ1n) is 9.31. The number of halogens is 5. The Morgan fingerprint density at radius 3 is 2.53 bits per heavy atom. The van der Waals surface area contributed by atoms with E-state index in [4.69, 9.17) is 23.2 Å². The monoisotopic (exact) mass is 455 g/mol. The number of alkyl halides is 3. The van der Waals surface area contributed by atoms with Gasteiger partial charge in [0.15, 0.2) is 5.82 Å². The molecule has 10 heteroatoms. The van der Waals surface area contributed by atoms with E-state index < -0.39 is 11.9 Å². The molecule has 4 rings (SSSR count). The highest BCUT2D eigenvalue weighted by Crippen LogP contribution is 2.43. The molecule has 1 aliphatic rings. The van der Waals surface area contributed by atoms with Crippen LogP contribution in [0.3, 0.4) is 0 Å². The van der Waals surface area contributed by atoms with Gasteiger partial charge in [-0.05, 0) is 36.6 Å². The molecule has 1 aliphatic heterocycles. The second kappa shape index (κ2) is 7.42. The quantitative estimate of drug-likeness (QED) is 0.527. The summed E-state index contributed by atoms with van der Waals surface area (Å²) in [6.45, 7) is 5.64. The van der Waals surface area contributed by atoms with E-state index in [1.54, 1.807) is 39.0 Å². The van der Waals surface area contributed by atoms with Crippen LogP contribution in [0.15, 0.2) is 24.3 Å². The second-order valence-electron chi connectivity index (χ2n) is 7.47. The maximum Gasteiger partial charge on any atom is 0.433 e. The number of fused-ring (bicyclic) bond motifs is 1. The average Bonchev–Trinajstić information content (AvgIpc) is 3.25. The third kappa shape index (κ3) is 3.63. The van der Waals surface area contributed by atoms with Crippen molar-refractivity contribution in [3.05, 3.63) is 62.6 Å². The predicted molar refractivity (Wildman–Crippen MR) is 110 cm³/mol. The minimum Gasteiger partial charge on any atom is -0.369 e. The van der Waals surface area contributed by atoms with Crippen molar-refractivity contribution in [2.75, 3.05) is 11.9 Å². The lowest BCUT2D eigenvalue weighted by atomic mass is 9.94. The van der Waals surface area contributed by atoms with Crippen molar-refractivity contribution in [2.45, 2.75) is 38.8 Å². The summed E-state index contributed by atoms with van der Waals surface area (Å²) in [6, 6.07) is 6.14. The van der Waals surface area contributed by atoms with Crippen LogP contribution < -0.4 is 5.32 Å². The highest BCUT2D eigenvalue weighted by molar-refractivity contribution is 6.35. The molecule has 3 heterocycles. The Morgan fingerprint density at radius 1 is 1.17 bits per heavy atom. The van der Waals surface area contributed by atoms with E-state index in [1.165, 1.54) is 0 Å². The molecule has 0 saturated heterocycles. The van der Waals surface area contributed by atoms with E-state index in [1.807, 2.05) is 0 Å². The van der Waals surface area contributed by atoms with Gasteiger partial charge in [0.2, 0.25) is 0 Å². The molecule has 3 aromatic rings. The molecule has 0 saturated carbocycles. The van der Waals surface area contributed by atoms with Gasteiger partial charge < -0.3 is 5.32 Å². The lowest BCUT2D eigenvalue weighted by Gasteiger charge is -2.17. The molecule has 0 amide bonds. The molecule has 158 valence electrons. The van der Waals surface area contributed by atoms with Gasteiger partial charge >= 0.3 is 6.18 Å². The van der Waals surface area contributed by atoms with Gasteiger partial charge in [-0.2, -0.15) is 18.3 Å². The number of anilines is 1. The molecule has 0 fully saturated rings. The second-order valence-corrected chi connectivity index (χ2v) is 8.32. The first-order valence-corrected chi connectivity index (χ1v) is 10.1. The van der Waals surface area contributed by atoms with Crippen LogP contribution in [-0.4, -0.2) is 26.3 Å². The van der Waals surface area contributed by atoms with Gasteiger partial charge in [-0.25, -0.2) is 14.6 Å². The standard InChI is InChI=1S/C20H18Cl2F3N5/c1-9(2)15-7-16(20(23,24)25)30(29-15)19-17-13(8-26-18(17)27-10(3)28-19)12-5-4-11(21)6-14(12)22/h4-7,9,13H,8H2,1-3H3,(H,26,27,28). The number of nitrogens with zero attached hydrogens (tertiary/aromatic N) is 4. The van der Waals surface area contributed by atoms with Gasteiger partial charge in [0, 0.05) is 28.1 Å². The van der Waals surface area contributed by atoms with Gasteiger partial charge in [0.05, 0.1) is 5.69 Å². The molecular weight excluding hydrogens is 438 g/mol. The van der Waals surface area contributed by atoms with E-state index in [-0.39, 0.29) is 17.7 Å². The SMILES string of the molecule is Cc1nc2c(c(-n3nc(C(C)C)cc3C(F)(F)F)n1)C(c1ccc(Cl)cc1Cl)CN2. The van der Waals surface area contributed by atoms with Gasteiger partial charge in [0.1, 0.15) is 17.3 Å². The van der Waals surface area contributed by atoms with Crippen molar-refractivity contribution in [1.29, 1.82) is 0 Å². The van der Waals surface area contributed by atoms with Crippen molar-refractivity contribution in [3.8, 4) is 5.82 Å². The zero-order valence-electron chi connectivity index (χ0n) is 16.3. The fourth-order valence-corrected chi connectivity index (χ4v) is 4.12. The number of hydrogen-bond acceptors (Lipinski definition) is 4. The Bertz CT molecular complexity index is 1120. The summed E-state index contributed by atoms with van der Waals surface area (Å²) in [5.41, 5.74) is 0.707. The lowest BCUT2D eigenvalue weighted by molar-refractivity contribution is -0.142. The Labute approximate surface area is 181 Å². The minimum absolute atomic E-state index is 0.0951. The van der Waals surface area contributed by atoms with Crippen LogP contribution in [0.4, 0.5) is 19.0 Å². The zero-order chi connectivity index (χ0) is 21.8. The molecule has 0 radical (unpaired) electrons. The maximum atomic E-state index is 13.8. The van der Waals surface area contributed by atoms with E-state index in [9.17, 15) is 13.2 Å². The lowest BCUT2D eigenvalue weighted by Crippen LogP contribution is -2.17. The fraction of sp³-hybridized carbons (Fsp3) is 0.350. The Hall–Kier alpha value is -2.32. The van der Waals surface area contributed by atoms with Crippen LogP contribution in [0.1, 0.15) is 54.0 Å². The summed E-state index contributed by atoms with van der Waals surface area (Å²) < 4.78 is 42.4. The Kier molecular flexibility index (Phi) is 5.18. The van der Waals surface area contributed by atoms with Gasteiger partial charge in [0.25, 0.3) is 0 Å². The van der Waals surface area contributed by atoms with Gasteiger partial charge in [-0.15, -0.1) is 0 Å². The molecule has 0 spiro atoms. The molecule has 1 unspecified atom stereocenters. The van der Waals surface area contributed by atoms with Crippen LogP contribution in [0.5, 0.6) is 0 Å². The number of aromatic nitrogens is 4. The first kappa shape index (κ1) is 20.9. The van der Waals surface area contributed by atoms with Crippen LogP contribution in [0.2, 0.25) is 10.0 Å². The molecule has 0 bridgehead atoms. The van der Waals surface area contributed by atoms with E-state index in [0.29, 0.717) is 39.5 Å². The van der Waals surface area contributed by atoms with Crippen LogP contribution in [0, 0.1) is 6.92 Å². The van der Waals surface area contributed by atoms with Crippen molar-refractivity contribution >= 4 is 29.0 Å². The van der Waals surface area contributed by atoms with E-state index in [0.717, 1.165) is 16.3 Å². The smallest absolute Gasteiger partial charge is 0.369 e. The highest BCUT2D eigenvalue weighted by Gasteiger charge is 2.39. The van der Waals surface area contributed by atoms with Crippen molar-refractivity contribution < 1.29 is 13.2 Å². The molecule has 0 aliphatic carbocycles. The summed E-state index contributed by atoms with van der Waals surface area (Å²) in [7, 11) is 0. The van der Waals surface area contributed by atoms with E-state index >= 15 is 0 Å². The maximum absolute atomic E-state index is 13.8. The number of hydrogen-bond donors (Lipinski definition) is 1. The van der Waals surface area contributed by atoms with Crippen LogP contribution in [0.25, 0.3) is 5.82 Å². The number of rotatable bonds is 3. The number of nitrogens with one attached hydrogen (secondary N) is 1. The molecule has 1 N–H and O–H groups in total. The summed E-state index contributed by atoms with van der Waals surface area (Å²) >= 11 is 12.4. The molecule has 1 aromatic carbocycles. The average molecular weight is 456 g/mol. The summed E-state index contributed by atoms with van der Waals surface area (Å²) in [5, 5.41) is 8.32. The Balaban J connectivity index is 1.96. The van der Waals surface area contributed by atoms with Crippen molar-refractivity contribution in [1.82, 2.24) is 19.7 Å². The topological polar surface area (TPSA) is 55.6 Å².